The predicted molar refractivity (Wildman–Crippen MR) is 95.0 cm³/mol. The third-order valence-corrected chi connectivity index (χ3v) is 4.25. The highest BCUT2D eigenvalue weighted by atomic mass is 16.5. The topological polar surface area (TPSA) is 65.4 Å². The lowest BCUT2D eigenvalue weighted by molar-refractivity contribution is -0.116. The van der Waals surface area contributed by atoms with Gasteiger partial charge in [0.05, 0.1) is 12.3 Å². The highest BCUT2D eigenvalue weighted by Gasteiger charge is 2.32. The van der Waals surface area contributed by atoms with Crippen molar-refractivity contribution in [2.45, 2.75) is 26.2 Å². The molecule has 1 aromatic heterocycles. The number of ether oxygens (including phenoxy) is 2. The largest absolute Gasteiger partial charge is 0.490 e. The summed E-state index contributed by atoms with van der Waals surface area (Å²) in [5, 5.41) is 7.35. The molecule has 1 aliphatic heterocycles. The molecule has 0 unspecified atom stereocenters. The van der Waals surface area contributed by atoms with Crippen molar-refractivity contribution >= 4 is 11.7 Å². The fraction of sp³-hybridized carbons (Fsp3) is 0.368. The molecule has 1 atom stereocenters. The van der Waals surface area contributed by atoms with Crippen molar-refractivity contribution in [3.05, 3.63) is 35.0 Å². The van der Waals surface area contributed by atoms with Crippen LogP contribution >= 0.6 is 0 Å². The number of aryl methyl sites for hydroxylation is 2. The average molecular weight is 339 g/mol. The third kappa shape index (κ3) is 3.18. The number of aromatic nitrogens is 2. The number of hydrogen-bond donors (Lipinski definition) is 1. The molecule has 130 valence electrons. The summed E-state index contributed by atoms with van der Waals surface area (Å²) in [6, 6.07) is 5.72. The maximum Gasteiger partial charge on any atom is 0.226 e. The second-order valence-electron chi connectivity index (χ2n) is 5.91. The Labute approximate surface area is 147 Å². The van der Waals surface area contributed by atoms with Crippen LogP contribution in [0, 0.1) is 19.3 Å². The number of carbonyl (C=O) groups is 1. The van der Waals surface area contributed by atoms with Gasteiger partial charge >= 0.3 is 0 Å². The van der Waals surface area contributed by atoms with Crippen LogP contribution in [-0.2, 0) is 11.8 Å². The maximum absolute atomic E-state index is 12.2. The molecule has 1 aromatic carbocycles. The Hall–Kier alpha value is -2.94. The van der Waals surface area contributed by atoms with Gasteiger partial charge in [0.15, 0.2) is 11.5 Å². The van der Waals surface area contributed by atoms with E-state index in [9.17, 15) is 4.79 Å². The molecule has 2 heterocycles. The van der Waals surface area contributed by atoms with Crippen molar-refractivity contribution in [3.63, 3.8) is 0 Å². The number of nitrogens with one attached hydrogen (secondary N) is 1. The minimum absolute atomic E-state index is 0.0221. The summed E-state index contributed by atoms with van der Waals surface area (Å²) in [5.74, 6) is 4.34. The monoisotopic (exact) mass is 339 g/mol. The van der Waals surface area contributed by atoms with E-state index in [0.29, 0.717) is 24.5 Å². The van der Waals surface area contributed by atoms with Crippen molar-refractivity contribution in [2.24, 2.45) is 7.05 Å². The molecule has 0 saturated heterocycles. The van der Waals surface area contributed by atoms with Crippen molar-refractivity contribution in [2.75, 3.05) is 18.5 Å². The number of hydrogen-bond acceptors (Lipinski definition) is 4. The number of carbonyl (C=O) groups excluding carboxylic acids is 1. The van der Waals surface area contributed by atoms with E-state index >= 15 is 0 Å². The number of anilines is 1. The minimum atomic E-state index is -0.0710. The molecule has 0 aliphatic carbocycles. The summed E-state index contributed by atoms with van der Waals surface area (Å²) in [6.07, 6.45) is 5.64. The average Bonchev–Trinajstić information content (AvgIpc) is 2.87. The molecule has 0 bridgehead atoms. The third-order valence-electron chi connectivity index (χ3n) is 4.25. The van der Waals surface area contributed by atoms with Gasteiger partial charge in [0.2, 0.25) is 5.91 Å². The van der Waals surface area contributed by atoms with Crippen LogP contribution in [0.2, 0.25) is 0 Å². The van der Waals surface area contributed by atoms with Gasteiger partial charge < -0.3 is 14.8 Å². The molecule has 0 saturated carbocycles. The standard InChI is InChI=1S/C19H21N3O3/c1-5-9-25-15-8-7-13(10-16(15)24-6-2)14-11-17(23)20-19-18(14)12(3)21-22(19)4/h1,7-8,10,14H,6,9,11H2,2-4H3,(H,20,23)/t14-/m0/s1. The molecule has 6 heteroatoms. The van der Waals surface area contributed by atoms with Crippen LogP contribution in [0.25, 0.3) is 0 Å². The van der Waals surface area contributed by atoms with Crippen molar-refractivity contribution in [1.29, 1.82) is 0 Å². The van der Waals surface area contributed by atoms with E-state index in [1.807, 2.05) is 39.1 Å². The summed E-state index contributed by atoms with van der Waals surface area (Å²) >= 11 is 0. The lowest BCUT2D eigenvalue weighted by Crippen LogP contribution is -2.24. The minimum Gasteiger partial charge on any atom is -0.490 e. The van der Waals surface area contributed by atoms with E-state index < -0.39 is 0 Å². The first-order valence-electron chi connectivity index (χ1n) is 8.21. The van der Waals surface area contributed by atoms with Crippen LogP contribution in [0.15, 0.2) is 18.2 Å². The van der Waals surface area contributed by atoms with Crippen LogP contribution in [0.1, 0.15) is 36.1 Å². The Balaban J connectivity index is 2.03. The Morgan fingerprint density at radius 3 is 2.92 bits per heavy atom. The normalized spacial score (nSPS) is 15.9. The van der Waals surface area contributed by atoms with Gasteiger partial charge in [-0.25, -0.2) is 0 Å². The number of terminal acetylenes is 1. The van der Waals surface area contributed by atoms with Crippen molar-refractivity contribution in [1.82, 2.24) is 9.78 Å². The molecular formula is C19H21N3O3. The second kappa shape index (κ2) is 6.89. The van der Waals surface area contributed by atoms with Gasteiger partial charge in [0.25, 0.3) is 0 Å². The van der Waals surface area contributed by atoms with Gasteiger partial charge in [-0.3, -0.25) is 9.48 Å². The molecule has 1 N–H and O–H groups in total. The second-order valence-corrected chi connectivity index (χ2v) is 5.91. The zero-order valence-electron chi connectivity index (χ0n) is 14.6. The van der Waals surface area contributed by atoms with Crippen LogP contribution in [-0.4, -0.2) is 28.9 Å². The number of benzene rings is 1. The molecular weight excluding hydrogens is 318 g/mol. The molecule has 0 fully saturated rings. The van der Waals surface area contributed by atoms with Gasteiger partial charge in [0, 0.05) is 24.9 Å². The summed E-state index contributed by atoms with van der Waals surface area (Å²) in [4.78, 5) is 12.2. The highest BCUT2D eigenvalue weighted by Crippen LogP contribution is 2.41. The quantitative estimate of drug-likeness (QED) is 0.851. The van der Waals surface area contributed by atoms with E-state index in [2.05, 4.69) is 16.3 Å². The van der Waals surface area contributed by atoms with E-state index in [1.165, 1.54) is 0 Å². The summed E-state index contributed by atoms with van der Waals surface area (Å²) < 4.78 is 13.0. The van der Waals surface area contributed by atoms with Gasteiger partial charge in [-0.1, -0.05) is 12.0 Å². The van der Waals surface area contributed by atoms with E-state index in [-0.39, 0.29) is 18.4 Å². The molecule has 0 spiro atoms. The van der Waals surface area contributed by atoms with Crippen LogP contribution in [0.3, 0.4) is 0 Å². The number of rotatable bonds is 5. The van der Waals surface area contributed by atoms with Crippen molar-refractivity contribution < 1.29 is 14.3 Å². The fourth-order valence-electron chi connectivity index (χ4n) is 3.24. The zero-order valence-corrected chi connectivity index (χ0v) is 14.6. The summed E-state index contributed by atoms with van der Waals surface area (Å²) in [5.41, 5.74) is 2.94. The number of amides is 1. The van der Waals surface area contributed by atoms with Gasteiger partial charge in [-0.05, 0) is 31.5 Å². The Morgan fingerprint density at radius 2 is 2.20 bits per heavy atom. The fourth-order valence-corrected chi connectivity index (χ4v) is 3.24. The number of nitrogens with zero attached hydrogens (tertiary/aromatic N) is 2. The molecule has 25 heavy (non-hydrogen) atoms. The Morgan fingerprint density at radius 1 is 1.40 bits per heavy atom. The van der Waals surface area contributed by atoms with Crippen LogP contribution in [0.5, 0.6) is 11.5 Å². The Bertz CT molecular complexity index is 848. The van der Waals surface area contributed by atoms with Crippen LogP contribution in [0.4, 0.5) is 5.82 Å². The SMILES string of the molecule is C#CCOc1ccc([C@@H]2CC(=O)Nc3c2c(C)nn3C)cc1OCC. The number of fused-ring (bicyclic) bond motifs is 1. The summed E-state index contributed by atoms with van der Waals surface area (Å²) in [6.45, 7) is 4.56. The van der Waals surface area contributed by atoms with Gasteiger partial charge in [-0.15, -0.1) is 6.42 Å². The zero-order chi connectivity index (χ0) is 18.0. The van der Waals surface area contributed by atoms with E-state index in [4.69, 9.17) is 15.9 Å². The molecule has 6 nitrogen and oxygen atoms in total. The first kappa shape index (κ1) is 16.9. The summed E-state index contributed by atoms with van der Waals surface area (Å²) in [7, 11) is 1.83. The van der Waals surface area contributed by atoms with E-state index in [1.54, 1.807) is 4.68 Å². The first-order valence-corrected chi connectivity index (χ1v) is 8.21. The first-order chi connectivity index (χ1) is 12.0. The maximum atomic E-state index is 12.2. The highest BCUT2D eigenvalue weighted by molar-refractivity contribution is 5.94. The lowest BCUT2D eigenvalue weighted by Gasteiger charge is -2.24. The smallest absolute Gasteiger partial charge is 0.226 e. The lowest BCUT2D eigenvalue weighted by atomic mass is 9.85. The molecule has 1 amide bonds. The predicted octanol–water partition coefficient (Wildman–Crippen LogP) is 2.61. The Kier molecular flexibility index (Phi) is 4.66. The molecule has 0 radical (unpaired) electrons. The van der Waals surface area contributed by atoms with Crippen molar-refractivity contribution in [3.8, 4) is 23.8 Å². The van der Waals surface area contributed by atoms with E-state index in [0.717, 1.165) is 22.6 Å². The van der Waals surface area contributed by atoms with Gasteiger partial charge in [0.1, 0.15) is 12.4 Å². The van der Waals surface area contributed by atoms with Gasteiger partial charge in [-0.2, -0.15) is 5.10 Å². The molecule has 2 aromatic rings. The van der Waals surface area contributed by atoms with Crippen LogP contribution < -0.4 is 14.8 Å². The molecule has 3 rings (SSSR count). The molecule has 1 aliphatic rings.